The standard InChI is InChI=1S/C15H18N2O/c16-10-13-5-2-1-4-11(13)8-9-12-6-3-7-14(17)15(12)18/h1-7,18H,8-10,16-17H2. The van der Waals surface area contributed by atoms with Gasteiger partial charge in [-0.15, -0.1) is 0 Å². The molecule has 0 heterocycles. The van der Waals surface area contributed by atoms with Crippen molar-refractivity contribution in [1.29, 1.82) is 0 Å². The lowest BCUT2D eigenvalue weighted by Gasteiger charge is -2.09. The van der Waals surface area contributed by atoms with Gasteiger partial charge in [-0.2, -0.15) is 0 Å². The van der Waals surface area contributed by atoms with Crippen LogP contribution in [0.25, 0.3) is 0 Å². The van der Waals surface area contributed by atoms with Gasteiger partial charge >= 0.3 is 0 Å². The Kier molecular flexibility index (Phi) is 3.85. The van der Waals surface area contributed by atoms with Gasteiger partial charge in [0.1, 0.15) is 5.75 Å². The van der Waals surface area contributed by atoms with Crippen LogP contribution in [0.15, 0.2) is 42.5 Å². The third kappa shape index (κ3) is 2.63. The number of hydrogen-bond donors (Lipinski definition) is 3. The van der Waals surface area contributed by atoms with E-state index in [1.165, 1.54) is 5.56 Å². The van der Waals surface area contributed by atoms with Gasteiger partial charge in [0, 0.05) is 6.54 Å². The summed E-state index contributed by atoms with van der Waals surface area (Å²) >= 11 is 0. The van der Waals surface area contributed by atoms with Crippen LogP contribution in [-0.2, 0) is 19.4 Å². The fourth-order valence-corrected chi connectivity index (χ4v) is 2.08. The van der Waals surface area contributed by atoms with E-state index in [-0.39, 0.29) is 5.75 Å². The summed E-state index contributed by atoms with van der Waals surface area (Å²) in [7, 11) is 0. The normalized spacial score (nSPS) is 10.5. The zero-order chi connectivity index (χ0) is 13.0. The van der Waals surface area contributed by atoms with E-state index in [1.54, 1.807) is 6.07 Å². The molecule has 3 nitrogen and oxygen atoms in total. The summed E-state index contributed by atoms with van der Waals surface area (Å²) in [6, 6.07) is 13.6. The summed E-state index contributed by atoms with van der Waals surface area (Å²) in [5.74, 6) is 0.197. The molecule has 0 saturated carbocycles. The van der Waals surface area contributed by atoms with Crippen molar-refractivity contribution >= 4 is 5.69 Å². The van der Waals surface area contributed by atoms with Crippen molar-refractivity contribution in [3.8, 4) is 5.75 Å². The first kappa shape index (κ1) is 12.5. The first-order chi connectivity index (χ1) is 8.72. The Morgan fingerprint density at radius 3 is 2.17 bits per heavy atom. The van der Waals surface area contributed by atoms with E-state index >= 15 is 0 Å². The van der Waals surface area contributed by atoms with Crippen molar-refractivity contribution < 1.29 is 5.11 Å². The number of benzene rings is 2. The molecule has 0 amide bonds. The number of nitrogen functional groups attached to an aromatic ring is 1. The molecule has 3 heteroatoms. The summed E-state index contributed by atoms with van der Waals surface area (Å²) in [5.41, 5.74) is 15.1. The molecule has 0 bridgehead atoms. The molecule has 94 valence electrons. The largest absolute Gasteiger partial charge is 0.506 e. The van der Waals surface area contributed by atoms with Crippen LogP contribution in [0, 0.1) is 0 Å². The molecule has 5 N–H and O–H groups in total. The van der Waals surface area contributed by atoms with Crippen LogP contribution >= 0.6 is 0 Å². The van der Waals surface area contributed by atoms with E-state index in [0.717, 1.165) is 24.0 Å². The van der Waals surface area contributed by atoms with Gasteiger partial charge in [-0.25, -0.2) is 0 Å². The average Bonchev–Trinajstić information content (AvgIpc) is 2.41. The van der Waals surface area contributed by atoms with Gasteiger partial charge in [0.15, 0.2) is 0 Å². The molecule has 0 spiro atoms. The second kappa shape index (κ2) is 5.56. The van der Waals surface area contributed by atoms with Crippen LogP contribution in [0.5, 0.6) is 5.75 Å². The van der Waals surface area contributed by atoms with Gasteiger partial charge in [-0.3, -0.25) is 0 Å². The Labute approximate surface area is 107 Å². The molecule has 2 rings (SSSR count). The smallest absolute Gasteiger partial charge is 0.141 e. The summed E-state index contributed by atoms with van der Waals surface area (Å²) < 4.78 is 0. The molecule has 2 aromatic rings. The van der Waals surface area contributed by atoms with E-state index in [0.29, 0.717) is 12.2 Å². The molecule has 0 saturated heterocycles. The highest BCUT2D eigenvalue weighted by atomic mass is 16.3. The van der Waals surface area contributed by atoms with E-state index in [4.69, 9.17) is 11.5 Å². The number of aryl methyl sites for hydroxylation is 2. The van der Waals surface area contributed by atoms with Gasteiger partial charge in [-0.1, -0.05) is 36.4 Å². The van der Waals surface area contributed by atoms with Crippen LogP contribution in [0.4, 0.5) is 5.69 Å². The van der Waals surface area contributed by atoms with Crippen LogP contribution in [0.1, 0.15) is 16.7 Å². The SMILES string of the molecule is NCc1ccccc1CCc1cccc(N)c1O. The molecule has 0 aliphatic heterocycles. The highest BCUT2D eigenvalue weighted by Gasteiger charge is 2.06. The second-order valence-electron chi connectivity index (χ2n) is 4.33. The summed E-state index contributed by atoms with van der Waals surface area (Å²) in [6.07, 6.45) is 1.61. The fourth-order valence-electron chi connectivity index (χ4n) is 2.08. The Morgan fingerprint density at radius 1 is 0.833 bits per heavy atom. The lowest BCUT2D eigenvalue weighted by molar-refractivity contribution is 0.470. The number of anilines is 1. The van der Waals surface area contributed by atoms with Crippen molar-refractivity contribution in [3.05, 3.63) is 59.2 Å². The molecule has 2 aromatic carbocycles. The monoisotopic (exact) mass is 242 g/mol. The minimum Gasteiger partial charge on any atom is -0.506 e. The third-order valence-corrected chi connectivity index (χ3v) is 3.15. The maximum atomic E-state index is 9.85. The lowest BCUT2D eigenvalue weighted by atomic mass is 9.99. The summed E-state index contributed by atoms with van der Waals surface area (Å²) in [4.78, 5) is 0. The van der Waals surface area contributed by atoms with Gasteiger partial charge < -0.3 is 16.6 Å². The number of phenols is 1. The van der Waals surface area contributed by atoms with E-state index in [1.807, 2.05) is 30.3 Å². The van der Waals surface area contributed by atoms with E-state index < -0.39 is 0 Å². The lowest BCUT2D eigenvalue weighted by Crippen LogP contribution is -2.03. The number of phenolic OH excluding ortho intramolecular Hbond substituents is 1. The second-order valence-corrected chi connectivity index (χ2v) is 4.33. The van der Waals surface area contributed by atoms with Crippen LogP contribution in [-0.4, -0.2) is 5.11 Å². The van der Waals surface area contributed by atoms with Gasteiger partial charge in [0.05, 0.1) is 5.69 Å². The van der Waals surface area contributed by atoms with Gasteiger partial charge in [0.25, 0.3) is 0 Å². The Hall–Kier alpha value is -2.00. The number of rotatable bonds is 4. The molecule has 0 fully saturated rings. The quantitative estimate of drug-likeness (QED) is 0.568. The average molecular weight is 242 g/mol. The topological polar surface area (TPSA) is 72.3 Å². The Bertz CT molecular complexity index is 538. The molecule has 0 atom stereocenters. The molecule has 0 unspecified atom stereocenters. The zero-order valence-corrected chi connectivity index (χ0v) is 10.3. The number of aromatic hydroxyl groups is 1. The first-order valence-electron chi connectivity index (χ1n) is 6.05. The van der Waals surface area contributed by atoms with Crippen LogP contribution in [0.2, 0.25) is 0 Å². The maximum Gasteiger partial charge on any atom is 0.141 e. The maximum absolute atomic E-state index is 9.85. The molecule has 0 radical (unpaired) electrons. The highest BCUT2D eigenvalue weighted by Crippen LogP contribution is 2.25. The predicted molar refractivity (Wildman–Crippen MR) is 74.3 cm³/mol. The first-order valence-corrected chi connectivity index (χ1v) is 6.05. The number of hydrogen-bond acceptors (Lipinski definition) is 3. The minimum atomic E-state index is 0.197. The highest BCUT2D eigenvalue weighted by molar-refractivity contribution is 5.55. The zero-order valence-electron chi connectivity index (χ0n) is 10.3. The number of para-hydroxylation sites is 1. The van der Waals surface area contributed by atoms with Crippen molar-refractivity contribution in [1.82, 2.24) is 0 Å². The van der Waals surface area contributed by atoms with Gasteiger partial charge in [-0.05, 0) is 35.6 Å². The Balaban J connectivity index is 2.14. The van der Waals surface area contributed by atoms with Crippen molar-refractivity contribution in [2.75, 3.05) is 5.73 Å². The van der Waals surface area contributed by atoms with E-state index in [9.17, 15) is 5.11 Å². The molecule has 0 aliphatic carbocycles. The van der Waals surface area contributed by atoms with Crippen LogP contribution in [0.3, 0.4) is 0 Å². The summed E-state index contributed by atoms with van der Waals surface area (Å²) in [5, 5.41) is 9.85. The van der Waals surface area contributed by atoms with Crippen molar-refractivity contribution in [3.63, 3.8) is 0 Å². The predicted octanol–water partition coefficient (Wildman–Crippen LogP) is 2.22. The Morgan fingerprint density at radius 2 is 1.44 bits per heavy atom. The van der Waals surface area contributed by atoms with E-state index in [2.05, 4.69) is 6.07 Å². The third-order valence-electron chi connectivity index (χ3n) is 3.15. The molecule has 0 aliphatic rings. The molecule has 0 aromatic heterocycles. The van der Waals surface area contributed by atoms with Gasteiger partial charge in [0.2, 0.25) is 0 Å². The fraction of sp³-hybridized carbons (Fsp3) is 0.200. The van der Waals surface area contributed by atoms with Crippen molar-refractivity contribution in [2.45, 2.75) is 19.4 Å². The summed E-state index contributed by atoms with van der Waals surface area (Å²) in [6.45, 7) is 0.541. The van der Waals surface area contributed by atoms with Crippen molar-refractivity contribution in [2.24, 2.45) is 5.73 Å². The minimum absolute atomic E-state index is 0.197. The van der Waals surface area contributed by atoms with Crippen LogP contribution < -0.4 is 11.5 Å². The molecule has 18 heavy (non-hydrogen) atoms. The number of nitrogens with two attached hydrogens (primary N) is 2. The molecular weight excluding hydrogens is 224 g/mol. The molecular formula is C15H18N2O.